The molecule has 18 heavy (non-hydrogen) atoms. The lowest BCUT2D eigenvalue weighted by molar-refractivity contribution is -0.123. The second kappa shape index (κ2) is 7.31. The third kappa shape index (κ3) is 4.75. The van der Waals surface area contributed by atoms with E-state index in [9.17, 15) is 4.79 Å². The fraction of sp³-hybridized carbons (Fsp3) is 0.923. The second-order valence-electron chi connectivity index (χ2n) is 5.40. The van der Waals surface area contributed by atoms with Gasteiger partial charge in [0, 0.05) is 6.54 Å². The Balaban J connectivity index is 0.00000162. The van der Waals surface area contributed by atoms with Crippen molar-refractivity contribution in [1.82, 2.24) is 5.32 Å². The van der Waals surface area contributed by atoms with Gasteiger partial charge in [-0.1, -0.05) is 25.7 Å². The van der Waals surface area contributed by atoms with Crippen LogP contribution in [0.15, 0.2) is 0 Å². The predicted molar refractivity (Wildman–Crippen MR) is 73.9 cm³/mol. The Morgan fingerprint density at radius 1 is 1.22 bits per heavy atom. The van der Waals surface area contributed by atoms with Gasteiger partial charge in [-0.25, -0.2) is 0 Å². The van der Waals surface area contributed by atoms with Gasteiger partial charge in [0.15, 0.2) is 0 Å². The lowest BCUT2D eigenvalue weighted by atomic mass is 10.1. The minimum atomic E-state index is -0.553. The third-order valence-corrected chi connectivity index (χ3v) is 3.78. The van der Waals surface area contributed by atoms with Crippen LogP contribution >= 0.6 is 12.4 Å². The predicted octanol–water partition coefficient (Wildman–Crippen LogP) is 1.76. The van der Waals surface area contributed by atoms with Gasteiger partial charge in [0.2, 0.25) is 5.91 Å². The van der Waals surface area contributed by atoms with Crippen LogP contribution in [0.2, 0.25) is 0 Å². The first-order valence-corrected chi connectivity index (χ1v) is 6.89. The van der Waals surface area contributed by atoms with Crippen molar-refractivity contribution in [1.29, 1.82) is 0 Å². The standard InChI is InChI=1S/C13H24N2O2.ClH/c14-13(7-8-13)12(16)15-9-10-17-11-5-3-1-2-4-6-11;/h11H,1-10,14H2,(H,15,16);1H. The molecule has 0 aromatic carbocycles. The summed E-state index contributed by atoms with van der Waals surface area (Å²) < 4.78 is 5.79. The quantitative estimate of drug-likeness (QED) is 0.594. The topological polar surface area (TPSA) is 64.4 Å². The number of ether oxygens (including phenoxy) is 1. The lowest BCUT2D eigenvalue weighted by Crippen LogP contribution is -2.44. The first kappa shape index (κ1) is 15.7. The maximum absolute atomic E-state index is 11.5. The van der Waals surface area contributed by atoms with Crippen molar-refractivity contribution in [3.05, 3.63) is 0 Å². The maximum Gasteiger partial charge on any atom is 0.240 e. The first-order chi connectivity index (χ1) is 8.21. The molecule has 0 heterocycles. The number of hydrogen-bond donors (Lipinski definition) is 2. The summed E-state index contributed by atoms with van der Waals surface area (Å²) in [6.07, 6.45) is 9.64. The monoisotopic (exact) mass is 276 g/mol. The molecule has 3 N–H and O–H groups in total. The molecular weight excluding hydrogens is 252 g/mol. The molecule has 0 bridgehead atoms. The highest BCUT2D eigenvalue weighted by Crippen LogP contribution is 2.31. The zero-order valence-electron chi connectivity index (χ0n) is 11.0. The van der Waals surface area contributed by atoms with Crippen LogP contribution in [0.5, 0.6) is 0 Å². The van der Waals surface area contributed by atoms with Gasteiger partial charge in [0.25, 0.3) is 0 Å². The summed E-state index contributed by atoms with van der Waals surface area (Å²) in [5.41, 5.74) is 5.23. The summed E-state index contributed by atoms with van der Waals surface area (Å²) in [6.45, 7) is 1.21. The fourth-order valence-corrected chi connectivity index (χ4v) is 2.34. The van der Waals surface area contributed by atoms with Crippen LogP contribution in [0.3, 0.4) is 0 Å². The number of rotatable bonds is 5. The van der Waals surface area contributed by atoms with Crippen LogP contribution in [0, 0.1) is 0 Å². The van der Waals surface area contributed by atoms with Crippen LogP contribution in [0.25, 0.3) is 0 Å². The van der Waals surface area contributed by atoms with Crippen molar-refractivity contribution in [3.8, 4) is 0 Å². The molecule has 0 aromatic heterocycles. The van der Waals surface area contributed by atoms with E-state index in [1.807, 2.05) is 0 Å². The average Bonchev–Trinajstić information content (AvgIpc) is 3.09. The summed E-state index contributed by atoms with van der Waals surface area (Å²) in [5.74, 6) is -0.0121. The molecule has 106 valence electrons. The number of carbonyl (C=O) groups is 1. The molecule has 0 atom stereocenters. The number of carbonyl (C=O) groups excluding carboxylic acids is 1. The molecule has 4 nitrogen and oxygen atoms in total. The van der Waals surface area contributed by atoms with Crippen molar-refractivity contribution in [3.63, 3.8) is 0 Å². The minimum Gasteiger partial charge on any atom is -0.376 e. The molecule has 1 amide bonds. The molecule has 5 heteroatoms. The fourth-order valence-electron chi connectivity index (χ4n) is 2.34. The number of nitrogens with one attached hydrogen (secondary N) is 1. The molecule has 2 saturated carbocycles. The highest BCUT2D eigenvalue weighted by atomic mass is 35.5. The molecule has 2 fully saturated rings. The van der Waals surface area contributed by atoms with E-state index in [4.69, 9.17) is 10.5 Å². The molecule has 0 spiro atoms. The number of hydrogen-bond acceptors (Lipinski definition) is 3. The van der Waals surface area contributed by atoms with E-state index >= 15 is 0 Å². The SMILES string of the molecule is Cl.NC1(C(=O)NCCOC2CCCCCC2)CC1. The lowest BCUT2D eigenvalue weighted by Gasteiger charge is -2.16. The van der Waals surface area contributed by atoms with Crippen molar-refractivity contribution < 1.29 is 9.53 Å². The van der Waals surface area contributed by atoms with Gasteiger partial charge in [-0.15, -0.1) is 12.4 Å². The van der Waals surface area contributed by atoms with Gasteiger partial charge in [0.05, 0.1) is 18.2 Å². The summed E-state index contributed by atoms with van der Waals surface area (Å²) in [7, 11) is 0. The highest BCUT2D eigenvalue weighted by molar-refractivity contribution is 5.88. The van der Waals surface area contributed by atoms with Crippen LogP contribution in [-0.4, -0.2) is 30.7 Å². The Morgan fingerprint density at radius 3 is 2.39 bits per heavy atom. The summed E-state index contributed by atoms with van der Waals surface area (Å²) in [6, 6.07) is 0. The minimum absolute atomic E-state index is 0. The van der Waals surface area contributed by atoms with E-state index in [1.54, 1.807) is 0 Å². The van der Waals surface area contributed by atoms with Gasteiger partial charge in [-0.3, -0.25) is 4.79 Å². The molecular formula is C13H25ClN2O2. The molecule has 0 aromatic rings. The maximum atomic E-state index is 11.5. The van der Waals surface area contributed by atoms with Crippen molar-refractivity contribution >= 4 is 18.3 Å². The zero-order valence-corrected chi connectivity index (χ0v) is 11.8. The largest absolute Gasteiger partial charge is 0.376 e. The van der Waals surface area contributed by atoms with Gasteiger partial charge in [-0.2, -0.15) is 0 Å². The van der Waals surface area contributed by atoms with Gasteiger partial charge in [-0.05, 0) is 25.7 Å². The Hall–Kier alpha value is -0.320. The van der Waals surface area contributed by atoms with E-state index < -0.39 is 5.54 Å². The average molecular weight is 277 g/mol. The van der Waals surface area contributed by atoms with Crippen LogP contribution in [0.1, 0.15) is 51.4 Å². The summed E-state index contributed by atoms with van der Waals surface area (Å²) in [4.78, 5) is 11.5. The van der Waals surface area contributed by atoms with Crippen LogP contribution in [0.4, 0.5) is 0 Å². The number of halogens is 1. The normalized spacial score (nSPS) is 22.7. The molecule has 0 aliphatic heterocycles. The molecule has 2 aliphatic carbocycles. The number of nitrogens with two attached hydrogens (primary N) is 1. The van der Waals surface area contributed by atoms with Crippen molar-refractivity contribution in [2.45, 2.75) is 63.0 Å². The Kier molecular flexibility index (Phi) is 6.39. The highest BCUT2D eigenvalue weighted by Gasteiger charge is 2.45. The molecule has 2 aliphatic rings. The Labute approximate surface area is 115 Å². The Bertz CT molecular complexity index is 262. The Morgan fingerprint density at radius 2 is 1.83 bits per heavy atom. The third-order valence-electron chi connectivity index (χ3n) is 3.78. The summed E-state index contributed by atoms with van der Waals surface area (Å²) >= 11 is 0. The van der Waals surface area contributed by atoms with Gasteiger partial charge < -0.3 is 15.8 Å². The first-order valence-electron chi connectivity index (χ1n) is 6.89. The summed E-state index contributed by atoms with van der Waals surface area (Å²) in [5, 5.41) is 2.85. The van der Waals surface area contributed by atoms with E-state index in [2.05, 4.69) is 5.32 Å². The van der Waals surface area contributed by atoms with Crippen LogP contribution < -0.4 is 11.1 Å². The van der Waals surface area contributed by atoms with Crippen molar-refractivity contribution in [2.24, 2.45) is 5.73 Å². The smallest absolute Gasteiger partial charge is 0.240 e. The number of amides is 1. The van der Waals surface area contributed by atoms with E-state index in [1.165, 1.54) is 38.5 Å². The molecule has 0 unspecified atom stereocenters. The molecule has 0 saturated heterocycles. The zero-order chi connectivity index (χ0) is 12.1. The molecule has 2 rings (SSSR count). The van der Waals surface area contributed by atoms with Gasteiger partial charge in [0.1, 0.15) is 0 Å². The molecule has 0 radical (unpaired) electrons. The van der Waals surface area contributed by atoms with E-state index in [0.717, 1.165) is 12.8 Å². The van der Waals surface area contributed by atoms with Crippen molar-refractivity contribution in [2.75, 3.05) is 13.2 Å². The second-order valence-corrected chi connectivity index (χ2v) is 5.40. The van der Waals surface area contributed by atoms with Gasteiger partial charge >= 0.3 is 0 Å². The van der Waals surface area contributed by atoms with E-state index in [-0.39, 0.29) is 18.3 Å². The van der Waals surface area contributed by atoms with E-state index in [0.29, 0.717) is 19.3 Å². The van der Waals surface area contributed by atoms with Crippen LogP contribution in [-0.2, 0) is 9.53 Å².